The molecule has 0 saturated heterocycles. The Morgan fingerprint density at radius 1 is 1.11 bits per heavy atom. The number of likely N-dealkylation sites (N-methyl/N-ethyl adjacent to an activating group) is 1. The highest BCUT2D eigenvalue weighted by molar-refractivity contribution is 5.91. The lowest BCUT2D eigenvalue weighted by Crippen LogP contribution is -2.18. The number of hydrogen-bond acceptors (Lipinski definition) is 1. The Bertz CT molecular complexity index is 439. The van der Waals surface area contributed by atoms with E-state index in [0.29, 0.717) is 0 Å². The summed E-state index contributed by atoms with van der Waals surface area (Å²) in [4.78, 5) is 13.0. The molecule has 1 aliphatic carbocycles. The second kappa shape index (κ2) is 6.55. The highest BCUT2D eigenvalue weighted by Gasteiger charge is 2.14. The van der Waals surface area contributed by atoms with Crippen LogP contribution in [0.15, 0.2) is 30.3 Å². The summed E-state index contributed by atoms with van der Waals surface area (Å²) in [6.07, 6.45) is 10.3. The van der Waals surface area contributed by atoms with Gasteiger partial charge in [0.25, 0.3) is 0 Å². The topological polar surface area (TPSA) is 20.3 Å². The molecule has 2 nitrogen and oxygen atoms in total. The van der Waals surface area contributed by atoms with Crippen LogP contribution in [0.25, 0.3) is 6.08 Å². The molecule has 0 aliphatic heterocycles. The largest absolute Gasteiger partial charge is 0.345 e. The van der Waals surface area contributed by atoms with Gasteiger partial charge < -0.3 is 4.90 Å². The standard InChI is InChI=1S/C17H23NO/c1-18(2)17(19)13-10-14-8-11-16(12-9-14)15-6-4-3-5-7-15/h8-13,15H,3-7H2,1-2H3. The van der Waals surface area contributed by atoms with E-state index >= 15 is 0 Å². The van der Waals surface area contributed by atoms with Crippen LogP contribution in [-0.2, 0) is 4.79 Å². The van der Waals surface area contributed by atoms with E-state index in [2.05, 4.69) is 24.3 Å². The van der Waals surface area contributed by atoms with Gasteiger partial charge in [-0.3, -0.25) is 4.79 Å². The predicted molar refractivity (Wildman–Crippen MR) is 80.0 cm³/mol. The minimum Gasteiger partial charge on any atom is -0.345 e. The van der Waals surface area contributed by atoms with E-state index in [-0.39, 0.29) is 5.91 Å². The molecule has 0 bridgehead atoms. The Morgan fingerprint density at radius 3 is 2.32 bits per heavy atom. The van der Waals surface area contributed by atoms with Gasteiger partial charge in [-0.2, -0.15) is 0 Å². The number of hydrogen-bond donors (Lipinski definition) is 0. The van der Waals surface area contributed by atoms with Crippen molar-refractivity contribution in [1.82, 2.24) is 4.90 Å². The van der Waals surface area contributed by atoms with Gasteiger partial charge in [0.15, 0.2) is 0 Å². The van der Waals surface area contributed by atoms with Gasteiger partial charge in [-0.15, -0.1) is 0 Å². The third-order valence-corrected chi connectivity index (χ3v) is 3.87. The Balaban J connectivity index is 2.00. The molecule has 0 atom stereocenters. The molecule has 0 spiro atoms. The van der Waals surface area contributed by atoms with Gasteiger partial charge in [0.2, 0.25) is 5.91 Å². The van der Waals surface area contributed by atoms with E-state index in [9.17, 15) is 4.79 Å². The van der Waals surface area contributed by atoms with E-state index in [1.165, 1.54) is 37.7 Å². The lowest BCUT2D eigenvalue weighted by atomic mass is 9.84. The molecule has 102 valence electrons. The molecule has 0 unspecified atom stereocenters. The highest BCUT2D eigenvalue weighted by atomic mass is 16.2. The van der Waals surface area contributed by atoms with Crippen molar-refractivity contribution in [1.29, 1.82) is 0 Å². The van der Waals surface area contributed by atoms with Crippen LogP contribution in [-0.4, -0.2) is 24.9 Å². The predicted octanol–water partition coefficient (Wildman–Crippen LogP) is 3.84. The minimum absolute atomic E-state index is 0.0244. The van der Waals surface area contributed by atoms with Crippen molar-refractivity contribution in [2.45, 2.75) is 38.0 Å². The molecular weight excluding hydrogens is 234 g/mol. The van der Waals surface area contributed by atoms with Gasteiger partial charge in [-0.05, 0) is 36.0 Å². The summed E-state index contributed by atoms with van der Waals surface area (Å²) in [5.74, 6) is 0.770. The first kappa shape index (κ1) is 13.9. The number of rotatable bonds is 3. The van der Waals surface area contributed by atoms with Crippen LogP contribution >= 0.6 is 0 Å². The van der Waals surface area contributed by atoms with Crippen LogP contribution in [0.2, 0.25) is 0 Å². The molecule has 0 aromatic heterocycles. The van der Waals surface area contributed by atoms with Crippen LogP contribution < -0.4 is 0 Å². The van der Waals surface area contributed by atoms with Crippen LogP contribution in [0.3, 0.4) is 0 Å². The zero-order valence-electron chi connectivity index (χ0n) is 11.9. The molecule has 19 heavy (non-hydrogen) atoms. The quantitative estimate of drug-likeness (QED) is 0.753. The fraction of sp³-hybridized carbons (Fsp3) is 0.471. The molecular formula is C17H23NO. The van der Waals surface area contributed by atoms with E-state index in [0.717, 1.165) is 11.5 Å². The van der Waals surface area contributed by atoms with Crippen LogP contribution in [0.5, 0.6) is 0 Å². The average Bonchev–Trinajstić information content (AvgIpc) is 2.46. The summed E-state index contributed by atoms with van der Waals surface area (Å²) in [6.45, 7) is 0. The molecule has 1 aromatic carbocycles. The first-order chi connectivity index (χ1) is 9.16. The maximum absolute atomic E-state index is 11.5. The molecule has 0 heterocycles. The Labute approximate surface area is 116 Å². The fourth-order valence-electron chi connectivity index (χ4n) is 2.63. The van der Waals surface area contributed by atoms with Gasteiger partial charge in [0.05, 0.1) is 0 Å². The Kier molecular flexibility index (Phi) is 4.78. The molecule has 1 amide bonds. The summed E-state index contributed by atoms with van der Waals surface area (Å²) in [6, 6.07) is 8.67. The van der Waals surface area contributed by atoms with E-state index in [4.69, 9.17) is 0 Å². The fourth-order valence-corrected chi connectivity index (χ4v) is 2.63. The molecule has 1 aliphatic rings. The van der Waals surface area contributed by atoms with E-state index in [1.54, 1.807) is 25.1 Å². The van der Waals surface area contributed by atoms with Gasteiger partial charge in [-0.25, -0.2) is 0 Å². The van der Waals surface area contributed by atoms with Crippen LogP contribution in [0.1, 0.15) is 49.1 Å². The number of nitrogens with zero attached hydrogens (tertiary/aromatic N) is 1. The van der Waals surface area contributed by atoms with Crippen molar-refractivity contribution >= 4 is 12.0 Å². The summed E-state index contributed by atoms with van der Waals surface area (Å²) in [7, 11) is 3.53. The summed E-state index contributed by atoms with van der Waals surface area (Å²) >= 11 is 0. The third kappa shape index (κ3) is 3.95. The normalized spacial score (nSPS) is 16.7. The number of benzene rings is 1. The highest BCUT2D eigenvalue weighted by Crippen LogP contribution is 2.32. The van der Waals surface area contributed by atoms with Gasteiger partial charge in [-0.1, -0.05) is 43.5 Å². The lowest BCUT2D eigenvalue weighted by molar-refractivity contribution is -0.123. The molecule has 2 heteroatoms. The maximum Gasteiger partial charge on any atom is 0.246 e. The first-order valence-corrected chi connectivity index (χ1v) is 7.16. The molecule has 1 fully saturated rings. The SMILES string of the molecule is CN(C)C(=O)C=Cc1ccc(C2CCCCC2)cc1. The third-order valence-electron chi connectivity index (χ3n) is 3.87. The van der Waals surface area contributed by atoms with Gasteiger partial charge in [0.1, 0.15) is 0 Å². The number of amides is 1. The Morgan fingerprint density at radius 2 is 1.74 bits per heavy atom. The average molecular weight is 257 g/mol. The minimum atomic E-state index is 0.0244. The summed E-state index contributed by atoms with van der Waals surface area (Å²) in [5, 5.41) is 0. The van der Waals surface area contributed by atoms with Crippen molar-refractivity contribution in [3.8, 4) is 0 Å². The molecule has 2 rings (SSSR count). The molecule has 0 radical (unpaired) electrons. The second-order valence-electron chi connectivity index (χ2n) is 5.57. The van der Waals surface area contributed by atoms with Gasteiger partial charge in [0, 0.05) is 20.2 Å². The summed E-state index contributed by atoms with van der Waals surface area (Å²) < 4.78 is 0. The van der Waals surface area contributed by atoms with Crippen LogP contribution in [0.4, 0.5) is 0 Å². The van der Waals surface area contributed by atoms with E-state index < -0.39 is 0 Å². The Hall–Kier alpha value is -1.57. The first-order valence-electron chi connectivity index (χ1n) is 7.16. The van der Waals surface area contributed by atoms with Crippen LogP contribution in [0, 0.1) is 0 Å². The smallest absolute Gasteiger partial charge is 0.246 e. The number of carbonyl (C=O) groups excluding carboxylic acids is 1. The molecule has 1 aromatic rings. The lowest BCUT2D eigenvalue weighted by Gasteiger charge is -2.21. The van der Waals surface area contributed by atoms with Crippen molar-refractivity contribution in [3.63, 3.8) is 0 Å². The monoisotopic (exact) mass is 257 g/mol. The number of carbonyl (C=O) groups is 1. The second-order valence-corrected chi connectivity index (χ2v) is 5.57. The van der Waals surface area contributed by atoms with E-state index in [1.807, 2.05) is 6.08 Å². The summed E-state index contributed by atoms with van der Waals surface area (Å²) in [5.41, 5.74) is 2.55. The van der Waals surface area contributed by atoms with Crippen molar-refractivity contribution < 1.29 is 4.79 Å². The molecule has 0 N–H and O–H groups in total. The van der Waals surface area contributed by atoms with Crippen molar-refractivity contribution in [3.05, 3.63) is 41.5 Å². The van der Waals surface area contributed by atoms with Gasteiger partial charge >= 0.3 is 0 Å². The maximum atomic E-state index is 11.5. The zero-order valence-corrected chi connectivity index (χ0v) is 11.9. The van der Waals surface area contributed by atoms with Crippen molar-refractivity contribution in [2.75, 3.05) is 14.1 Å². The zero-order chi connectivity index (χ0) is 13.7. The van der Waals surface area contributed by atoms with Crippen molar-refractivity contribution in [2.24, 2.45) is 0 Å². The molecule has 1 saturated carbocycles.